The third-order valence-electron chi connectivity index (χ3n) is 1.95. The summed E-state index contributed by atoms with van der Waals surface area (Å²) in [7, 11) is 0. The summed E-state index contributed by atoms with van der Waals surface area (Å²) in [5, 5.41) is 0.569. The highest BCUT2D eigenvalue weighted by molar-refractivity contribution is 6.43. The lowest BCUT2D eigenvalue weighted by Gasteiger charge is -2.08. The molecule has 2 rings (SSSR count). The van der Waals surface area contributed by atoms with Gasteiger partial charge < -0.3 is 14.2 Å². The highest BCUT2D eigenvalue weighted by atomic mass is 35.5. The van der Waals surface area contributed by atoms with E-state index in [4.69, 9.17) is 37.4 Å². The topological polar surface area (TPSA) is 44.8 Å². The zero-order chi connectivity index (χ0) is 11.7. The van der Waals surface area contributed by atoms with Crippen LogP contribution in [-0.2, 0) is 9.53 Å². The molecule has 1 aromatic carbocycles. The maximum absolute atomic E-state index is 11.4. The molecule has 4 nitrogen and oxygen atoms in total. The predicted octanol–water partition coefficient (Wildman–Crippen LogP) is 2.65. The smallest absolute Gasteiger partial charge is 0.389 e. The minimum absolute atomic E-state index is 0.228. The maximum Gasteiger partial charge on any atom is 0.389 e. The summed E-state index contributed by atoms with van der Waals surface area (Å²) in [6.45, 7) is 1.96. The fourth-order valence-electron chi connectivity index (χ4n) is 1.27. The molecule has 1 unspecified atom stereocenters. The Morgan fingerprint density at radius 1 is 1.44 bits per heavy atom. The third kappa shape index (κ3) is 1.90. The van der Waals surface area contributed by atoms with Crippen molar-refractivity contribution >= 4 is 29.2 Å². The van der Waals surface area contributed by atoms with Crippen molar-refractivity contribution in [2.75, 3.05) is 6.61 Å². The van der Waals surface area contributed by atoms with Gasteiger partial charge in [-0.1, -0.05) is 23.2 Å². The number of rotatable bonds is 2. The van der Waals surface area contributed by atoms with Crippen LogP contribution in [0.25, 0.3) is 0 Å². The van der Waals surface area contributed by atoms with Crippen LogP contribution in [0.4, 0.5) is 0 Å². The fraction of sp³-hybridized carbons (Fsp3) is 0.300. The Hall–Kier alpha value is -1.13. The summed E-state index contributed by atoms with van der Waals surface area (Å²) in [5.74, 6) is 0.0607. The van der Waals surface area contributed by atoms with Crippen LogP contribution in [0.15, 0.2) is 12.1 Å². The van der Waals surface area contributed by atoms with Crippen LogP contribution in [-0.4, -0.2) is 18.9 Å². The first-order valence-electron chi connectivity index (χ1n) is 4.61. The number of hydrogen-bond acceptors (Lipinski definition) is 4. The number of benzene rings is 1. The Labute approximate surface area is 102 Å². The lowest BCUT2D eigenvalue weighted by Crippen LogP contribution is -2.30. The number of carbonyl (C=O) groups is 1. The van der Waals surface area contributed by atoms with Crippen LogP contribution < -0.4 is 9.47 Å². The SMILES string of the molecule is CCOC(=O)C1Oc2ccc(Cl)c(Cl)c2O1. The Bertz CT molecular complexity index is 433. The zero-order valence-corrected chi connectivity index (χ0v) is 9.84. The summed E-state index contributed by atoms with van der Waals surface area (Å²) in [5.41, 5.74) is 0. The van der Waals surface area contributed by atoms with E-state index in [0.717, 1.165) is 0 Å². The van der Waals surface area contributed by atoms with Crippen molar-refractivity contribution in [2.24, 2.45) is 0 Å². The molecule has 0 spiro atoms. The molecule has 0 saturated heterocycles. The van der Waals surface area contributed by atoms with Gasteiger partial charge >= 0.3 is 12.3 Å². The van der Waals surface area contributed by atoms with E-state index in [0.29, 0.717) is 10.8 Å². The van der Waals surface area contributed by atoms with Crippen LogP contribution in [0.3, 0.4) is 0 Å². The molecule has 0 bridgehead atoms. The molecule has 1 heterocycles. The predicted molar refractivity (Wildman–Crippen MR) is 58.1 cm³/mol. The molecule has 0 saturated carbocycles. The van der Waals surface area contributed by atoms with E-state index in [9.17, 15) is 4.79 Å². The van der Waals surface area contributed by atoms with Gasteiger partial charge in [0.15, 0.2) is 11.5 Å². The monoisotopic (exact) mass is 262 g/mol. The van der Waals surface area contributed by atoms with Gasteiger partial charge in [0.1, 0.15) is 5.02 Å². The van der Waals surface area contributed by atoms with E-state index in [1.54, 1.807) is 19.1 Å². The van der Waals surface area contributed by atoms with Crippen molar-refractivity contribution in [1.29, 1.82) is 0 Å². The molecule has 1 atom stereocenters. The van der Waals surface area contributed by atoms with Crippen LogP contribution in [0.5, 0.6) is 11.5 Å². The molecule has 6 heteroatoms. The standard InChI is InChI=1S/C10H8Cl2O4/c1-2-14-9(13)10-15-6-4-3-5(11)7(12)8(6)16-10/h3-4,10H,2H2,1H3. The molecule has 0 aliphatic carbocycles. The van der Waals surface area contributed by atoms with Gasteiger partial charge in [-0.25, -0.2) is 4.79 Å². The molecule has 0 fully saturated rings. The summed E-state index contributed by atoms with van der Waals surface area (Å²) in [6, 6.07) is 3.16. The first-order chi connectivity index (χ1) is 7.63. The van der Waals surface area contributed by atoms with Crippen LogP contribution in [0.2, 0.25) is 10.0 Å². The molecule has 0 N–H and O–H groups in total. The van der Waals surface area contributed by atoms with Gasteiger partial charge in [0.25, 0.3) is 0 Å². The second-order valence-corrected chi connectivity index (χ2v) is 3.79. The number of esters is 1. The lowest BCUT2D eigenvalue weighted by atomic mass is 10.3. The van der Waals surface area contributed by atoms with Gasteiger partial charge in [0.2, 0.25) is 0 Å². The molecule has 0 amide bonds. The van der Waals surface area contributed by atoms with Gasteiger partial charge in [0, 0.05) is 0 Å². The van der Waals surface area contributed by atoms with Crippen molar-refractivity contribution in [3.05, 3.63) is 22.2 Å². The number of ether oxygens (including phenoxy) is 3. The second kappa shape index (κ2) is 4.39. The molecule has 1 aliphatic rings. The van der Waals surface area contributed by atoms with Crippen molar-refractivity contribution in [2.45, 2.75) is 13.2 Å². The second-order valence-electron chi connectivity index (χ2n) is 3.01. The highest BCUT2D eigenvalue weighted by Crippen LogP contribution is 2.44. The Morgan fingerprint density at radius 3 is 2.88 bits per heavy atom. The minimum Gasteiger partial charge on any atom is -0.460 e. The van der Waals surface area contributed by atoms with E-state index in [1.807, 2.05) is 0 Å². The Kier molecular flexibility index (Phi) is 3.12. The van der Waals surface area contributed by atoms with Crippen LogP contribution in [0.1, 0.15) is 6.92 Å². The van der Waals surface area contributed by atoms with Crippen LogP contribution in [0, 0.1) is 0 Å². The Balaban J connectivity index is 2.21. The summed E-state index contributed by atoms with van der Waals surface area (Å²) in [6.07, 6.45) is -1.11. The molecule has 0 radical (unpaired) electrons. The maximum atomic E-state index is 11.4. The van der Waals surface area contributed by atoms with Gasteiger partial charge in [-0.2, -0.15) is 0 Å². The van der Waals surface area contributed by atoms with Gasteiger partial charge in [-0.3, -0.25) is 0 Å². The molecule has 1 aliphatic heterocycles. The molecular weight excluding hydrogens is 255 g/mol. The van der Waals surface area contributed by atoms with Crippen LogP contribution >= 0.6 is 23.2 Å². The zero-order valence-electron chi connectivity index (χ0n) is 8.33. The van der Waals surface area contributed by atoms with E-state index in [-0.39, 0.29) is 17.4 Å². The number of fused-ring (bicyclic) bond motifs is 1. The third-order valence-corrected chi connectivity index (χ3v) is 2.74. The van der Waals surface area contributed by atoms with E-state index < -0.39 is 12.3 Å². The Morgan fingerprint density at radius 2 is 2.19 bits per heavy atom. The average molecular weight is 263 g/mol. The number of hydrogen-bond donors (Lipinski definition) is 0. The van der Waals surface area contributed by atoms with E-state index in [1.165, 1.54) is 0 Å². The quantitative estimate of drug-likeness (QED) is 0.769. The van der Waals surface area contributed by atoms with Gasteiger partial charge in [-0.15, -0.1) is 0 Å². The molecule has 16 heavy (non-hydrogen) atoms. The normalized spacial score (nSPS) is 17.3. The fourth-order valence-corrected chi connectivity index (χ4v) is 1.62. The van der Waals surface area contributed by atoms with E-state index in [2.05, 4.69) is 0 Å². The summed E-state index contributed by atoms with van der Waals surface area (Å²) < 4.78 is 15.2. The van der Waals surface area contributed by atoms with Crippen molar-refractivity contribution in [3.63, 3.8) is 0 Å². The van der Waals surface area contributed by atoms with Crippen molar-refractivity contribution in [3.8, 4) is 11.5 Å². The first kappa shape index (κ1) is 11.4. The minimum atomic E-state index is -1.11. The van der Waals surface area contributed by atoms with Gasteiger partial charge in [-0.05, 0) is 19.1 Å². The molecule has 0 aromatic heterocycles. The lowest BCUT2D eigenvalue weighted by molar-refractivity contribution is -0.161. The summed E-state index contributed by atoms with van der Waals surface area (Å²) in [4.78, 5) is 11.4. The number of carbonyl (C=O) groups excluding carboxylic acids is 1. The highest BCUT2D eigenvalue weighted by Gasteiger charge is 2.34. The van der Waals surface area contributed by atoms with Gasteiger partial charge in [0.05, 0.1) is 11.6 Å². The average Bonchev–Trinajstić information content (AvgIpc) is 2.69. The largest absolute Gasteiger partial charge is 0.460 e. The van der Waals surface area contributed by atoms with E-state index >= 15 is 0 Å². The van der Waals surface area contributed by atoms with Crippen molar-refractivity contribution < 1.29 is 19.0 Å². The molecule has 1 aromatic rings. The number of halogens is 2. The summed E-state index contributed by atoms with van der Waals surface area (Å²) >= 11 is 11.7. The molecular formula is C10H8Cl2O4. The molecule has 86 valence electrons. The first-order valence-corrected chi connectivity index (χ1v) is 5.37. The van der Waals surface area contributed by atoms with Crippen molar-refractivity contribution in [1.82, 2.24) is 0 Å².